The Morgan fingerprint density at radius 2 is 1.73 bits per heavy atom. The van der Waals surface area contributed by atoms with Gasteiger partial charge in [0.2, 0.25) is 0 Å². The summed E-state index contributed by atoms with van der Waals surface area (Å²) in [5.41, 5.74) is 2.18. The number of nitrogens with one attached hydrogen (secondary N) is 1. The average Bonchev–Trinajstić information content (AvgIpc) is 3.06. The van der Waals surface area contributed by atoms with E-state index in [2.05, 4.69) is 29.4 Å². The van der Waals surface area contributed by atoms with Gasteiger partial charge in [-0.2, -0.15) is 0 Å². The summed E-state index contributed by atoms with van der Waals surface area (Å²) in [5.74, 6) is 0.933. The number of para-hydroxylation sites is 2. The van der Waals surface area contributed by atoms with Crippen LogP contribution < -0.4 is 15.0 Å². The first-order chi connectivity index (χ1) is 12.7. The molecule has 26 heavy (non-hydrogen) atoms. The molecule has 0 amide bonds. The van der Waals surface area contributed by atoms with Crippen LogP contribution in [0.1, 0.15) is 18.0 Å². The molecule has 1 fully saturated rings. The summed E-state index contributed by atoms with van der Waals surface area (Å²) in [6.45, 7) is 0.144. The van der Waals surface area contributed by atoms with E-state index in [0.717, 1.165) is 11.4 Å². The predicted molar refractivity (Wildman–Crippen MR) is 104 cm³/mol. The van der Waals surface area contributed by atoms with Crippen LogP contribution in [0.3, 0.4) is 0 Å². The van der Waals surface area contributed by atoms with Crippen molar-refractivity contribution in [3.05, 3.63) is 60.2 Å². The topological polar surface area (TPSA) is 65.0 Å². The minimum atomic E-state index is -0.0606. The fourth-order valence-corrected chi connectivity index (χ4v) is 4.19. The minimum Gasteiger partial charge on any atom is -0.495 e. The Bertz CT molecular complexity index is 695. The van der Waals surface area contributed by atoms with Crippen LogP contribution in [0.25, 0.3) is 0 Å². The van der Waals surface area contributed by atoms with Gasteiger partial charge in [-0.3, -0.25) is 0 Å². The Hall–Kier alpha value is -2.08. The molecule has 4 atom stereocenters. The molecule has 0 aliphatic carbocycles. The summed E-state index contributed by atoms with van der Waals surface area (Å²) in [7, 11) is 3.74. The number of methoxy groups -OCH3 is 1. The molecule has 0 aromatic heterocycles. The van der Waals surface area contributed by atoms with E-state index >= 15 is 0 Å². The Labute approximate surface area is 155 Å². The molecule has 1 aliphatic rings. The highest BCUT2D eigenvalue weighted by molar-refractivity contribution is 5.59. The van der Waals surface area contributed by atoms with Gasteiger partial charge in [0, 0.05) is 25.6 Å². The second-order valence-electron chi connectivity index (χ2n) is 6.79. The van der Waals surface area contributed by atoms with E-state index in [1.54, 1.807) is 7.11 Å². The molecule has 3 rings (SSSR count). The summed E-state index contributed by atoms with van der Waals surface area (Å²) in [6.07, 6.45) is 0.631. The van der Waals surface area contributed by atoms with E-state index < -0.39 is 0 Å². The van der Waals surface area contributed by atoms with Gasteiger partial charge >= 0.3 is 0 Å². The summed E-state index contributed by atoms with van der Waals surface area (Å²) < 4.78 is 5.55. The quantitative estimate of drug-likeness (QED) is 0.710. The van der Waals surface area contributed by atoms with E-state index in [9.17, 15) is 10.2 Å². The molecule has 0 bridgehead atoms. The van der Waals surface area contributed by atoms with Crippen molar-refractivity contribution in [1.82, 2.24) is 5.32 Å². The SMILES string of the molecule is COc1ccccc1N(C)C1C(c2ccccc2)NC(CO)C1CCO. The third-order valence-corrected chi connectivity index (χ3v) is 5.42. The zero-order valence-electron chi connectivity index (χ0n) is 15.4. The Kier molecular flexibility index (Phi) is 6.14. The highest BCUT2D eigenvalue weighted by atomic mass is 16.5. The number of aliphatic hydroxyl groups is 2. The Morgan fingerprint density at radius 1 is 1.04 bits per heavy atom. The van der Waals surface area contributed by atoms with Gasteiger partial charge in [0.1, 0.15) is 5.75 Å². The maximum atomic E-state index is 9.91. The lowest BCUT2D eigenvalue weighted by Gasteiger charge is -2.36. The third-order valence-electron chi connectivity index (χ3n) is 5.42. The van der Waals surface area contributed by atoms with Crippen molar-refractivity contribution < 1.29 is 14.9 Å². The number of benzene rings is 2. The van der Waals surface area contributed by atoms with Gasteiger partial charge in [-0.25, -0.2) is 0 Å². The van der Waals surface area contributed by atoms with Crippen LogP contribution >= 0.6 is 0 Å². The first kappa shape index (κ1) is 18.7. The van der Waals surface area contributed by atoms with Gasteiger partial charge < -0.3 is 25.2 Å². The molecule has 0 radical (unpaired) electrons. The number of anilines is 1. The first-order valence-corrected chi connectivity index (χ1v) is 9.09. The maximum Gasteiger partial charge on any atom is 0.142 e. The van der Waals surface area contributed by atoms with Crippen molar-refractivity contribution in [2.24, 2.45) is 5.92 Å². The molecule has 1 saturated heterocycles. The van der Waals surface area contributed by atoms with Crippen molar-refractivity contribution >= 4 is 5.69 Å². The van der Waals surface area contributed by atoms with Gasteiger partial charge in [0.25, 0.3) is 0 Å². The van der Waals surface area contributed by atoms with Gasteiger partial charge in [-0.1, -0.05) is 42.5 Å². The largest absolute Gasteiger partial charge is 0.495 e. The Morgan fingerprint density at radius 3 is 2.38 bits per heavy atom. The zero-order chi connectivity index (χ0) is 18.5. The lowest BCUT2D eigenvalue weighted by Crippen LogP contribution is -2.41. The van der Waals surface area contributed by atoms with Crippen molar-refractivity contribution in [3.8, 4) is 5.75 Å². The number of nitrogens with zero attached hydrogens (tertiary/aromatic N) is 1. The molecule has 4 unspecified atom stereocenters. The number of aliphatic hydroxyl groups excluding tert-OH is 2. The third kappa shape index (κ3) is 3.56. The smallest absolute Gasteiger partial charge is 0.142 e. The standard InChI is InChI=1S/C21H28N2O3/c1-23(18-10-6-7-11-19(18)26-2)21-16(12-13-24)17(14-25)22-20(21)15-8-4-3-5-9-15/h3-11,16-17,20-22,24-25H,12-14H2,1-2H3. The number of hydrogen-bond donors (Lipinski definition) is 3. The molecule has 0 spiro atoms. The summed E-state index contributed by atoms with van der Waals surface area (Å²) in [6, 6.07) is 18.3. The van der Waals surface area contributed by atoms with Crippen LogP contribution in [0.2, 0.25) is 0 Å². The second kappa shape index (κ2) is 8.54. The van der Waals surface area contributed by atoms with Crippen molar-refractivity contribution in [3.63, 3.8) is 0 Å². The van der Waals surface area contributed by atoms with Gasteiger partial charge in [-0.05, 0) is 24.1 Å². The van der Waals surface area contributed by atoms with Gasteiger partial charge in [-0.15, -0.1) is 0 Å². The van der Waals surface area contributed by atoms with Crippen LogP contribution in [0.15, 0.2) is 54.6 Å². The number of likely N-dealkylation sites (N-methyl/N-ethyl adjacent to an activating group) is 1. The van der Waals surface area contributed by atoms with E-state index in [0.29, 0.717) is 6.42 Å². The van der Waals surface area contributed by atoms with Crippen LogP contribution in [-0.2, 0) is 0 Å². The summed E-state index contributed by atoms with van der Waals surface area (Å²) in [4.78, 5) is 2.22. The van der Waals surface area contributed by atoms with Crippen molar-refractivity contribution in [2.75, 3.05) is 32.3 Å². The fraction of sp³-hybridized carbons (Fsp3) is 0.429. The summed E-state index contributed by atoms with van der Waals surface area (Å²) in [5, 5.41) is 23.1. The maximum absolute atomic E-state index is 9.91. The van der Waals surface area contributed by atoms with E-state index in [4.69, 9.17) is 4.74 Å². The molecule has 2 aromatic carbocycles. The van der Waals surface area contributed by atoms with Crippen molar-refractivity contribution in [2.45, 2.75) is 24.5 Å². The average molecular weight is 356 g/mol. The zero-order valence-corrected chi connectivity index (χ0v) is 15.4. The molecule has 1 heterocycles. The molecule has 0 saturated carbocycles. The highest BCUT2D eigenvalue weighted by Gasteiger charge is 2.45. The van der Waals surface area contributed by atoms with E-state index in [-0.39, 0.29) is 37.3 Å². The molecular weight excluding hydrogens is 328 g/mol. The fourth-order valence-electron chi connectivity index (χ4n) is 4.19. The van der Waals surface area contributed by atoms with Crippen LogP contribution in [0, 0.1) is 5.92 Å². The lowest BCUT2D eigenvalue weighted by molar-refractivity contribution is 0.191. The van der Waals surface area contributed by atoms with Crippen LogP contribution in [0.5, 0.6) is 5.75 Å². The molecular formula is C21H28N2O3. The summed E-state index contributed by atoms with van der Waals surface area (Å²) >= 11 is 0. The van der Waals surface area contributed by atoms with Crippen LogP contribution in [0.4, 0.5) is 5.69 Å². The van der Waals surface area contributed by atoms with E-state index in [1.165, 1.54) is 5.56 Å². The highest BCUT2D eigenvalue weighted by Crippen LogP contribution is 2.40. The number of hydrogen-bond acceptors (Lipinski definition) is 5. The normalized spacial score (nSPS) is 25.2. The minimum absolute atomic E-state index is 0.0459. The first-order valence-electron chi connectivity index (χ1n) is 9.09. The number of rotatable bonds is 7. The number of ether oxygens (including phenoxy) is 1. The van der Waals surface area contributed by atoms with Crippen LogP contribution in [-0.4, -0.2) is 49.7 Å². The predicted octanol–water partition coefficient (Wildman–Crippen LogP) is 2.20. The van der Waals surface area contributed by atoms with Gasteiger partial charge in [0.05, 0.1) is 31.5 Å². The molecule has 5 heteroatoms. The van der Waals surface area contributed by atoms with Gasteiger partial charge in [0.15, 0.2) is 0 Å². The van der Waals surface area contributed by atoms with Crippen molar-refractivity contribution in [1.29, 1.82) is 0 Å². The van der Waals surface area contributed by atoms with E-state index in [1.807, 2.05) is 42.5 Å². The molecule has 140 valence electrons. The monoisotopic (exact) mass is 356 g/mol. The molecule has 1 aliphatic heterocycles. The molecule has 3 N–H and O–H groups in total. The molecule has 5 nitrogen and oxygen atoms in total. The lowest BCUT2D eigenvalue weighted by atomic mass is 9.87. The second-order valence-corrected chi connectivity index (χ2v) is 6.79. The molecule has 2 aromatic rings. The Balaban J connectivity index is 2.01.